The average Bonchev–Trinajstić information content (AvgIpc) is 2.61. The van der Waals surface area contributed by atoms with Gasteiger partial charge in [0.1, 0.15) is 17.2 Å². The molecule has 2 aromatic carbocycles. The summed E-state index contributed by atoms with van der Waals surface area (Å²) in [6.07, 6.45) is 0. The van der Waals surface area contributed by atoms with Crippen LogP contribution in [0.5, 0.6) is 17.2 Å². The Morgan fingerprint density at radius 1 is 1.00 bits per heavy atom. The Labute approximate surface area is 144 Å². The van der Waals surface area contributed by atoms with Gasteiger partial charge in [0.25, 0.3) is 5.91 Å². The topological polar surface area (TPSA) is 56.8 Å². The number of alkyl halides is 2. The SMILES string of the molecule is COc1ccc(C(=O)NC(C)c2ccc(OC(F)F)cc2)c(OC)c1. The van der Waals surface area contributed by atoms with E-state index in [1.165, 1.54) is 26.4 Å². The molecule has 2 aromatic rings. The van der Waals surface area contributed by atoms with Crippen LogP contribution in [0, 0.1) is 0 Å². The molecule has 5 nitrogen and oxygen atoms in total. The Morgan fingerprint density at radius 2 is 1.64 bits per heavy atom. The van der Waals surface area contributed by atoms with Crippen LogP contribution in [0.2, 0.25) is 0 Å². The summed E-state index contributed by atoms with van der Waals surface area (Å²) in [4.78, 5) is 12.5. The van der Waals surface area contributed by atoms with Gasteiger partial charge in [0, 0.05) is 6.07 Å². The molecule has 2 rings (SSSR count). The molecule has 0 bridgehead atoms. The molecule has 25 heavy (non-hydrogen) atoms. The van der Waals surface area contributed by atoms with Crippen molar-refractivity contribution in [1.29, 1.82) is 0 Å². The van der Waals surface area contributed by atoms with Crippen LogP contribution < -0.4 is 19.5 Å². The highest BCUT2D eigenvalue weighted by atomic mass is 19.3. The molecule has 0 saturated heterocycles. The van der Waals surface area contributed by atoms with Crippen LogP contribution in [-0.2, 0) is 0 Å². The zero-order valence-corrected chi connectivity index (χ0v) is 14.1. The van der Waals surface area contributed by atoms with Crippen molar-refractivity contribution in [3.8, 4) is 17.2 Å². The summed E-state index contributed by atoms with van der Waals surface area (Å²) >= 11 is 0. The number of hydrogen-bond donors (Lipinski definition) is 1. The Hall–Kier alpha value is -2.83. The highest BCUT2D eigenvalue weighted by molar-refractivity contribution is 5.97. The lowest BCUT2D eigenvalue weighted by atomic mass is 10.1. The third-order valence-electron chi connectivity index (χ3n) is 3.61. The molecular weight excluding hydrogens is 332 g/mol. The fourth-order valence-corrected chi connectivity index (χ4v) is 2.28. The van der Waals surface area contributed by atoms with Crippen LogP contribution in [0.4, 0.5) is 8.78 Å². The first-order valence-corrected chi connectivity index (χ1v) is 7.52. The zero-order valence-electron chi connectivity index (χ0n) is 14.1. The number of benzene rings is 2. The van der Waals surface area contributed by atoms with Crippen molar-refractivity contribution in [2.75, 3.05) is 14.2 Å². The van der Waals surface area contributed by atoms with Crippen molar-refractivity contribution >= 4 is 5.91 Å². The normalized spacial score (nSPS) is 11.8. The predicted octanol–water partition coefficient (Wildman–Crippen LogP) is 3.80. The van der Waals surface area contributed by atoms with Crippen LogP contribution in [0.25, 0.3) is 0 Å². The molecule has 0 radical (unpaired) electrons. The summed E-state index contributed by atoms with van der Waals surface area (Å²) in [5.74, 6) is 0.717. The van der Waals surface area contributed by atoms with Crippen molar-refractivity contribution in [3.05, 3.63) is 53.6 Å². The van der Waals surface area contributed by atoms with Crippen LogP contribution in [0.1, 0.15) is 28.9 Å². The van der Waals surface area contributed by atoms with Gasteiger partial charge in [-0.3, -0.25) is 4.79 Å². The predicted molar refractivity (Wildman–Crippen MR) is 88.5 cm³/mol. The first-order valence-electron chi connectivity index (χ1n) is 7.52. The van der Waals surface area contributed by atoms with Gasteiger partial charge in [-0.05, 0) is 36.8 Å². The molecule has 1 N–H and O–H groups in total. The van der Waals surface area contributed by atoms with Crippen molar-refractivity contribution in [2.45, 2.75) is 19.6 Å². The monoisotopic (exact) mass is 351 g/mol. The third-order valence-corrected chi connectivity index (χ3v) is 3.61. The summed E-state index contributed by atoms with van der Waals surface area (Å²) in [6, 6.07) is 10.7. The van der Waals surface area contributed by atoms with Gasteiger partial charge >= 0.3 is 6.61 Å². The maximum Gasteiger partial charge on any atom is 0.387 e. The molecule has 0 aliphatic heterocycles. The molecule has 1 amide bonds. The van der Waals surface area contributed by atoms with Crippen molar-refractivity contribution < 1.29 is 27.8 Å². The summed E-state index contributed by atoms with van der Waals surface area (Å²) in [5.41, 5.74) is 1.12. The molecule has 0 heterocycles. The number of carbonyl (C=O) groups excluding carboxylic acids is 1. The highest BCUT2D eigenvalue weighted by Crippen LogP contribution is 2.25. The quantitative estimate of drug-likeness (QED) is 0.824. The number of methoxy groups -OCH3 is 2. The Morgan fingerprint density at radius 3 is 2.20 bits per heavy atom. The molecule has 7 heteroatoms. The fraction of sp³-hybridized carbons (Fsp3) is 0.278. The van der Waals surface area contributed by atoms with E-state index in [-0.39, 0.29) is 17.7 Å². The molecular formula is C18H19F2NO4. The van der Waals surface area contributed by atoms with E-state index in [1.54, 1.807) is 37.3 Å². The van der Waals surface area contributed by atoms with E-state index in [0.29, 0.717) is 17.1 Å². The van der Waals surface area contributed by atoms with Gasteiger partial charge in [-0.2, -0.15) is 8.78 Å². The van der Waals surface area contributed by atoms with Gasteiger partial charge < -0.3 is 19.5 Å². The molecule has 0 fully saturated rings. The minimum absolute atomic E-state index is 0.0640. The number of carbonyl (C=O) groups is 1. The molecule has 1 atom stereocenters. The Kier molecular flexibility index (Phi) is 6.16. The van der Waals surface area contributed by atoms with Crippen LogP contribution >= 0.6 is 0 Å². The first-order chi connectivity index (χ1) is 11.9. The fourth-order valence-electron chi connectivity index (χ4n) is 2.28. The van der Waals surface area contributed by atoms with E-state index in [1.807, 2.05) is 0 Å². The van der Waals surface area contributed by atoms with E-state index in [4.69, 9.17) is 9.47 Å². The number of ether oxygens (including phenoxy) is 3. The van der Waals surface area contributed by atoms with Gasteiger partial charge in [-0.25, -0.2) is 0 Å². The van der Waals surface area contributed by atoms with Crippen LogP contribution in [0.3, 0.4) is 0 Å². The molecule has 0 spiro atoms. The molecule has 0 aliphatic carbocycles. The largest absolute Gasteiger partial charge is 0.497 e. The second-order valence-corrected chi connectivity index (χ2v) is 5.21. The maximum atomic E-state index is 12.5. The first kappa shape index (κ1) is 18.5. The Bertz CT molecular complexity index is 720. The van der Waals surface area contributed by atoms with Gasteiger partial charge in [0.05, 0.1) is 25.8 Å². The average molecular weight is 351 g/mol. The minimum Gasteiger partial charge on any atom is -0.497 e. The summed E-state index contributed by atoms with van der Waals surface area (Å²) in [5, 5.41) is 2.84. The molecule has 134 valence electrons. The van der Waals surface area contributed by atoms with Crippen molar-refractivity contribution in [2.24, 2.45) is 0 Å². The lowest BCUT2D eigenvalue weighted by Crippen LogP contribution is -2.27. The summed E-state index contributed by atoms with van der Waals surface area (Å²) < 4.78 is 39.0. The minimum atomic E-state index is -2.87. The second-order valence-electron chi connectivity index (χ2n) is 5.21. The number of nitrogens with one attached hydrogen (secondary N) is 1. The zero-order chi connectivity index (χ0) is 18.4. The van der Waals surface area contributed by atoms with Crippen LogP contribution in [0.15, 0.2) is 42.5 Å². The maximum absolute atomic E-state index is 12.5. The van der Waals surface area contributed by atoms with Crippen molar-refractivity contribution in [1.82, 2.24) is 5.32 Å². The van der Waals surface area contributed by atoms with E-state index in [0.717, 1.165) is 5.56 Å². The Balaban J connectivity index is 2.09. The van der Waals surface area contributed by atoms with E-state index < -0.39 is 6.61 Å². The highest BCUT2D eigenvalue weighted by Gasteiger charge is 2.16. The van der Waals surface area contributed by atoms with Gasteiger partial charge in [-0.1, -0.05) is 12.1 Å². The lowest BCUT2D eigenvalue weighted by molar-refractivity contribution is -0.0498. The smallest absolute Gasteiger partial charge is 0.387 e. The molecule has 0 aromatic heterocycles. The van der Waals surface area contributed by atoms with Gasteiger partial charge in [-0.15, -0.1) is 0 Å². The molecule has 1 unspecified atom stereocenters. The lowest BCUT2D eigenvalue weighted by Gasteiger charge is -2.16. The van der Waals surface area contributed by atoms with Crippen LogP contribution in [-0.4, -0.2) is 26.7 Å². The summed E-state index contributed by atoms with van der Waals surface area (Å²) in [6.45, 7) is -1.08. The number of hydrogen-bond acceptors (Lipinski definition) is 4. The van der Waals surface area contributed by atoms with E-state index in [2.05, 4.69) is 10.1 Å². The van der Waals surface area contributed by atoms with E-state index in [9.17, 15) is 13.6 Å². The second kappa shape index (κ2) is 8.32. The third kappa shape index (κ3) is 4.82. The number of amides is 1. The van der Waals surface area contributed by atoms with Gasteiger partial charge in [0.15, 0.2) is 0 Å². The van der Waals surface area contributed by atoms with Crippen molar-refractivity contribution in [3.63, 3.8) is 0 Å². The molecule has 0 saturated carbocycles. The van der Waals surface area contributed by atoms with E-state index >= 15 is 0 Å². The number of halogens is 2. The van der Waals surface area contributed by atoms with Gasteiger partial charge in [0.2, 0.25) is 0 Å². The standard InChI is InChI=1S/C18H19F2NO4/c1-11(12-4-6-13(7-5-12)25-18(19)20)21-17(22)15-9-8-14(23-2)10-16(15)24-3/h4-11,18H,1-3H3,(H,21,22). The molecule has 0 aliphatic rings. The number of rotatable bonds is 7. The summed E-state index contributed by atoms with van der Waals surface area (Å²) in [7, 11) is 2.99.